The molecule has 0 aliphatic heterocycles. The number of hydrogen-bond donors (Lipinski definition) is 1. The highest BCUT2D eigenvalue weighted by atomic mass is 19.1. The Bertz CT molecular complexity index is 514. The third-order valence-corrected chi connectivity index (χ3v) is 2.59. The van der Waals surface area contributed by atoms with Gasteiger partial charge in [0, 0.05) is 32.1 Å². The molecule has 5 nitrogen and oxygen atoms in total. The molecular formula is C12H15FN4O. The summed E-state index contributed by atoms with van der Waals surface area (Å²) >= 11 is 0. The van der Waals surface area contributed by atoms with Gasteiger partial charge in [0.25, 0.3) is 0 Å². The summed E-state index contributed by atoms with van der Waals surface area (Å²) in [5.74, 6) is 0.909. The SMILES string of the molecule is Cc1nc(CCNC(C)c2cncc(F)c2)no1. The molecule has 0 amide bonds. The number of aryl methyl sites for hydroxylation is 1. The zero-order valence-electron chi connectivity index (χ0n) is 10.4. The van der Waals surface area contributed by atoms with Crippen molar-refractivity contribution >= 4 is 0 Å². The number of halogens is 1. The van der Waals surface area contributed by atoms with Crippen LogP contribution in [0.3, 0.4) is 0 Å². The van der Waals surface area contributed by atoms with E-state index in [9.17, 15) is 4.39 Å². The molecule has 1 N–H and O–H groups in total. The van der Waals surface area contributed by atoms with Crippen LogP contribution < -0.4 is 5.32 Å². The fourth-order valence-electron chi connectivity index (χ4n) is 1.63. The lowest BCUT2D eigenvalue weighted by atomic mass is 10.1. The van der Waals surface area contributed by atoms with E-state index in [0.717, 1.165) is 5.56 Å². The van der Waals surface area contributed by atoms with Crippen LogP contribution in [0.4, 0.5) is 4.39 Å². The van der Waals surface area contributed by atoms with Crippen LogP contribution >= 0.6 is 0 Å². The highest BCUT2D eigenvalue weighted by molar-refractivity contribution is 5.14. The molecule has 0 aliphatic rings. The van der Waals surface area contributed by atoms with Gasteiger partial charge < -0.3 is 9.84 Å². The van der Waals surface area contributed by atoms with Crippen LogP contribution in [0.2, 0.25) is 0 Å². The fraction of sp³-hybridized carbons (Fsp3) is 0.417. The Morgan fingerprint density at radius 3 is 2.94 bits per heavy atom. The van der Waals surface area contributed by atoms with Crippen molar-refractivity contribution < 1.29 is 8.91 Å². The van der Waals surface area contributed by atoms with Crippen molar-refractivity contribution in [2.45, 2.75) is 26.3 Å². The first-order valence-electron chi connectivity index (χ1n) is 5.78. The lowest BCUT2D eigenvalue weighted by Gasteiger charge is -2.12. The first kappa shape index (κ1) is 12.6. The minimum atomic E-state index is -0.324. The molecule has 2 aromatic heterocycles. The minimum absolute atomic E-state index is 0.0289. The van der Waals surface area contributed by atoms with E-state index in [2.05, 4.69) is 20.4 Å². The summed E-state index contributed by atoms with van der Waals surface area (Å²) in [5, 5.41) is 7.06. The smallest absolute Gasteiger partial charge is 0.223 e. The Kier molecular flexibility index (Phi) is 3.99. The van der Waals surface area contributed by atoms with E-state index in [-0.39, 0.29) is 11.9 Å². The monoisotopic (exact) mass is 250 g/mol. The number of nitrogens with one attached hydrogen (secondary N) is 1. The summed E-state index contributed by atoms with van der Waals surface area (Å²) in [5.41, 5.74) is 0.819. The first-order valence-corrected chi connectivity index (χ1v) is 5.78. The summed E-state index contributed by atoms with van der Waals surface area (Å²) in [6.07, 6.45) is 3.52. The van der Waals surface area contributed by atoms with Crippen LogP contribution in [-0.2, 0) is 6.42 Å². The molecule has 0 bridgehead atoms. The maximum Gasteiger partial charge on any atom is 0.223 e. The molecule has 2 aromatic rings. The van der Waals surface area contributed by atoms with Gasteiger partial charge in [0.05, 0.1) is 6.20 Å². The van der Waals surface area contributed by atoms with Crippen molar-refractivity contribution in [3.8, 4) is 0 Å². The van der Waals surface area contributed by atoms with Crippen molar-refractivity contribution in [1.29, 1.82) is 0 Å². The average molecular weight is 250 g/mol. The normalized spacial score (nSPS) is 12.6. The number of hydrogen-bond acceptors (Lipinski definition) is 5. The van der Waals surface area contributed by atoms with E-state index < -0.39 is 0 Å². The van der Waals surface area contributed by atoms with Crippen LogP contribution in [0.1, 0.15) is 30.2 Å². The second kappa shape index (κ2) is 5.68. The Labute approximate surface area is 104 Å². The number of pyridine rings is 1. The van der Waals surface area contributed by atoms with Gasteiger partial charge in [-0.1, -0.05) is 5.16 Å². The number of aromatic nitrogens is 3. The van der Waals surface area contributed by atoms with E-state index in [1.807, 2.05) is 6.92 Å². The van der Waals surface area contributed by atoms with Gasteiger partial charge in [0.2, 0.25) is 5.89 Å². The van der Waals surface area contributed by atoms with Gasteiger partial charge in [0.1, 0.15) is 5.82 Å². The summed E-state index contributed by atoms with van der Waals surface area (Å²) < 4.78 is 17.9. The Morgan fingerprint density at radius 2 is 2.28 bits per heavy atom. The number of nitrogens with zero attached hydrogens (tertiary/aromatic N) is 3. The van der Waals surface area contributed by atoms with Gasteiger partial charge in [0.15, 0.2) is 5.82 Å². The van der Waals surface area contributed by atoms with E-state index in [4.69, 9.17) is 4.52 Å². The molecule has 1 atom stereocenters. The zero-order chi connectivity index (χ0) is 13.0. The molecule has 96 valence electrons. The van der Waals surface area contributed by atoms with Crippen molar-refractivity contribution in [3.05, 3.63) is 41.6 Å². The topological polar surface area (TPSA) is 63.8 Å². The van der Waals surface area contributed by atoms with Crippen LogP contribution in [0.5, 0.6) is 0 Å². The highest BCUT2D eigenvalue weighted by Gasteiger charge is 2.07. The van der Waals surface area contributed by atoms with Crippen molar-refractivity contribution in [3.63, 3.8) is 0 Å². The minimum Gasteiger partial charge on any atom is -0.340 e. The molecular weight excluding hydrogens is 235 g/mol. The van der Waals surface area contributed by atoms with Gasteiger partial charge in [-0.05, 0) is 18.6 Å². The number of rotatable bonds is 5. The summed E-state index contributed by atoms with van der Waals surface area (Å²) in [7, 11) is 0. The molecule has 0 radical (unpaired) electrons. The second-order valence-electron chi connectivity index (χ2n) is 4.09. The Balaban J connectivity index is 1.83. The van der Waals surface area contributed by atoms with Gasteiger partial charge in [-0.15, -0.1) is 0 Å². The quantitative estimate of drug-likeness (QED) is 0.876. The predicted octanol–water partition coefficient (Wildman–Crippen LogP) is 1.81. The standard InChI is InChI=1S/C12H15FN4O/c1-8(10-5-11(13)7-14-6-10)15-4-3-12-16-9(2)18-17-12/h5-8,15H,3-4H2,1-2H3. The highest BCUT2D eigenvalue weighted by Crippen LogP contribution is 2.11. The van der Waals surface area contributed by atoms with Crippen LogP contribution in [-0.4, -0.2) is 21.7 Å². The Morgan fingerprint density at radius 1 is 1.44 bits per heavy atom. The molecule has 2 rings (SSSR count). The van der Waals surface area contributed by atoms with Gasteiger partial charge >= 0.3 is 0 Å². The average Bonchev–Trinajstić information content (AvgIpc) is 2.75. The lowest BCUT2D eigenvalue weighted by Crippen LogP contribution is -2.22. The van der Waals surface area contributed by atoms with E-state index >= 15 is 0 Å². The molecule has 2 heterocycles. The van der Waals surface area contributed by atoms with Gasteiger partial charge in [-0.25, -0.2) is 4.39 Å². The van der Waals surface area contributed by atoms with Crippen molar-refractivity contribution in [1.82, 2.24) is 20.4 Å². The predicted molar refractivity (Wildman–Crippen MR) is 63.4 cm³/mol. The maximum absolute atomic E-state index is 13.0. The molecule has 1 unspecified atom stereocenters. The molecule has 0 fully saturated rings. The molecule has 18 heavy (non-hydrogen) atoms. The maximum atomic E-state index is 13.0. The fourth-order valence-corrected chi connectivity index (χ4v) is 1.63. The zero-order valence-corrected chi connectivity index (χ0v) is 10.4. The second-order valence-corrected chi connectivity index (χ2v) is 4.09. The summed E-state index contributed by atoms with van der Waals surface area (Å²) in [6.45, 7) is 4.40. The molecule has 6 heteroatoms. The molecule has 0 saturated carbocycles. The van der Waals surface area contributed by atoms with Crippen LogP contribution in [0.25, 0.3) is 0 Å². The Hall–Kier alpha value is -1.82. The van der Waals surface area contributed by atoms with Gasteiger partial charge in [-0.3, -0.25) is 4.98 Å². The van der Waals surface area contributed by atoms with Gasteiger partial charge in [-0.2, -0.15) is 4.98 Å². The van der Waals surface area contributed by atoms with E-state index in [1.54, 1.807) is 13.1 Å². The molecule has 0 saturated heterocycles. The summed E-state index contributed by atoms with van der Waals surface area (Å²) in [4.78, 5) is 7.92. The van der Waals surface area contributed by atoms with Crippen molar-refractivity contribution in [2.75, 3.05) is 6.54 Å². The first-order chi connectivity index (χ1) is 8.65. The molecule has 0 spiro atoms. The van der Waals surface area contributed by atoms with Crippen molar-refractivity contribution in [2.24, 2.45) is 0 Å². The van der Waals surface area contributed by atoms with E-state index in [0.29, 0.717) is 24.7 Å². The van der Waals surface area contributed by atoms with E-state index in [1.165, 1.54) is 12.3 Å². The lowest BCUT2D eigenvalue weighted by molar-refractivity contribution is 0.386. The largest absolute Gasteiger partial charge is 0.340 e. The van der Waals surface area contributed by atoms with Crippen LogP contribution in [0.15, 0.2) is 23.0 Å². The third-order valence-electron chi connectivity index (χ3n) is 2.59. The molecule has 0 aliphatic carbocycles. The molecule has 0 aromatic carbocycles. The van der Waals surface area contributed by atoms with Crippen LogP contribution in [0, 0.1) is 12.7 Å². The third kappa shape index (κ3) is 3.33. The summed E-state index contributed by atoms with van der Waals surface area (Å²) in [6, 6.07) is 1.50.